The number of aromatic amines is 1. The van der Waals surface area contributed by atoms with Crippen LogP contribution in [-0.2, 0) is 7.05 Å². The minimum absolute atomic E-state index is 0.119. The molecule has 0 radical (unpaired) electrons. The summed E-state index contributed by atoms with van der Waals surface area (Å²) in [5, 5.41) is 7.72. The second-order valence-electron chi connectivity index (χ2n) is 4.11. The number of hydrogen-bond acceptors (Lipinski definition) is 4. The van der Waals surface area contributed by atoms with Gasteiger partial charge < -0.3 is 15.0 Å². The van der Waals surface area contributed by atoms with Gasteiger partial charge in [-0.1, -0.05) is 0 Å². The molecule has 0 atom stereocenters. The SMILES string of the molecule is COc1ccc2c(=O)c3c(N)[nH]nc3n(C)c2c1. The number of anilines is 1. The van der Waals surface area contributed by atoms with E-state index >= 15 is 0 Å². The largest absolute Gasteiger partial charge is 0.497 e. The van der Waals surface area contributed by atoms with Gasteiger partial charge in [-0.15, -0.1) is 0 Å². The zero-order valence-electron chi connectivity index (χ0n) is 10.0. The molecule has 0 spiro atoms. The van der Waals surface area contributed by atoms with Gasteiger partial charge >= 0.3 is 0 Å². The lowest BCUT2D eigenvalue weighted by atomic mass is 10.1. The van der Waals surface area contributed by atoms with Crippen LogP contribution in [0, 0.1) is 0 Å². The number of nitrogens with one attached hydrogen (secondary N) is 1. The molecule has 2 heterocycles. The van der Waals surface area contributed by atoms with Gasteiger partial charge in [0.2, 0.25) is 5.43 Å². The van der Waals surface area contributed by atoms with Crippen LogP contribution in [-0.4, -0.2) is 21.9 Å². The van der Waals surface area contributed by atoms with E-state index in [-0.39, 0.29) is 5.43 Å². The van der Waals surface area contributed by atoms with Gasteiger partial charge in [0.05, 0.1) is 12.6 Å². The molecular formula is C12H12N4O2. The number of hydrogen-bond donors (Lipinski definition) is 2. The normalized spacial score (nSPS) is 11.2. The highest BCUT2D eigenvalue weighted by molar-refractivity contribution is 5.97. The first-order chi connectivity index (χ1) is 8.63. The highest BCUT2D eigenvalue weighted by Gasteiger charge is 2.14. The fourth-order valence-corrected chi connectivity index (χ4v) is 2.17. The van der Waals surface area contributed by atoms with Gasteiger partial charge in [0.1, 0.15) is 17.0 Å². The van der Waals surface area contributed by atoms with Crippen LogP contribution in [0.5, 0.6) is 5.75 Å². The number of nitrogens with two attached hydrogens (primary N) is 1. The number of methoxy groups -OCH3 is 1. The third-order valence-corrected chi connectivity index (χ3v) is 3.13. The summed E-state index contributed by atoms with van der Waals surface area (Å²) >= 11 is 0. The maximum atomic E-state index is 12.3. The maximum Gasteiger partial charge on any atom is 0.202 e. The van der Waals surface area contributed by atoms with Crippen LogP contribution >= 0.6 is 0 Å². The molecule has 6 heteroatoms. The van der Waals surface area contributed by atoms with Crippen molar-refractivity contribution < 1.29 is 4.74 Å². The molecule has 0 fully saturated rings. The minimum Gasteiger partial charge on any atom is -0.497 e. The number of aromatic nitrogens is 3. The van der Waals surface area contributed by atoms with Crippen LogP contribution in [0.25, 0.3) is 21.9 Å². The van der Waals surface area contributed by atoms with Crippen molar-refractivity contribution in [2.75, 3.05) is 12.8 Å². The summed E-state index contributed by atoms with van der Waals surface area (Å²) < 4.78 is 6.99. The predicted octanol–water partition coefficient (Wildman–Crippen LogP) is 1.01. The van der Waals surface area contributed by atoms with Crippen molar-refractivity contribution in [2.24, 2.45) is 7.05 Å². The number of ether oxygens (including phenoxy) is 1. The Balaban J connectivity index is 2.60. The second-order valence-corrected chi connectivity index (χ2v) is 4.11. The van der Waals surface area contributed by atoms with Crippen molar-refractivity contribution in [2.45, 2.75) is 0 Å². The number of pyridine rings is 1. The molecule has 0 aliphatic carbocycles. The first-order valence-corrected chi connectivity index (χ1v) is 5.43. The van der Waals surface area contributed by atoms with E-state index in [1.54, 1.807) is 25.3 Å². The molecule has 0 aliphatic rings. The van der Waals surface area contributed by atoms with Gasteiger partial charge in [0.15, 0.2) is 5.65 Å². The molecule has 0 saturated carbocycles. The van der Waals surface area contributed by atoms with Crippen LogP contribution < -0.4 is 15.9 Å². The highest BCUT2D eigenvalue weighted by Crippen LogP contribution is 2.23. The average molecular weight is 244 g/mol. The topological polar surface area (TPSA) is 85.9 Å². The molecule has 2 aromatic heterocycles. The highest BCUT2D eigenvalue weighted by atomic mass is 16.5. The number of benzene rings is 1. The Labute approximate surface area is 102 Å². The van der Waals surface area contributed by atoms with E-state index in [9.17, 15) is 4.79 Å². The Morgan fingerprint density at radius 1 is 1.44 bits per heavy atom. The second kappa shape index (κ2) is 3.49. The summed E-state index contributed by atoms with van der Waals surface area (Å²) in [5.41, 5.74) is 6.92. The van der Waals surface area contributed by atoms with E-state index < -0.39 is 0 Å². The number of nitrogen functional groups attached to an aromatic ring is 1. The van der Waals surface area contributed by atoms with E-state index in [0.29, 0.717) is 28.0 Å². The monoisotopic (exact) mass is 244 g/mol. The van der Waals surface area contributed by atoms with Crippen LogP contribution in [0.1, 0.15) is 0 Å². The molecule has 6 nitrogen and oxygen atoms in total. The lowest BCUT2D eigenvalue weighted by Gasteiger charge is -2.08. The number of rotatable bonds is 1. The number of aryl methyl sites for hydroxylation is 1. The van der Waals surface area contributed by atoms with Gasteiger partial charge in [0.25, 0.3) is 0 Å². The van der Waals surface area contributed by atoms with Crippen LogP contribution in [0.15, 0.2) is 23.0 Å². The molecule has 0 unspecified atom stereocenters. The van der Waals surface area contributed by atoms with E-state index in [4.69, 9.17) is 10.5 Å². The lowest BCUT2D eigenvalue weighted by Crippen LogP contribution is -2.09. The van der Waals surface area contributed by atoms with Crippen molar-refractivity contribution >= 4 is 27.8 Å². The molecule has 3 N–H and O–H groups in total. The van der Waals surface area contributed by atoms with Gasteiger partial charge in [-0.2, -0.15) is 5.10 Å². The predicted molar refractivity (Wildman–Crippen MR) is 69.8 cm³/mol. The Morgan fingerprint density at radius 3 is 2.94 bits per heavy atom. The first kappa shape index (κ1) is 10.6. The first-order valence-electron chi connectivity index (χ1n) is 5.43. The van der Waals surface area contributed by atoms with Gasteiger partial charge in [-0.25, -0.2) is 0 Å². The summed E-state index contributed by atoms with van der Waals surface area (Å²) in [6.07, 6.45) is 0. The molecule has 0 aliphatic heterocycles. The molecule has 18 heavy (non-hydrogen) atoms. The molecule has 3 aromatic rings. The molecule has 3 rings (SSSR count). The van der Waals surface area contributed by atoms with Gasteiger partial charge in [-0.05, 0) is 12.1 Å². The van der Waals surface area contributed by atoms with Crippen LogP contribution in [0.2, 0.25) is 0 Å². The Kier molecular flexibility index (Phi) is 2.07. The quantitative estimate of drug-likeness (QED) is 0.668. The van der Waals surface area contributed by atoms with Crippen molar-refractivity contribution in [1.82, 2.24) is 14.8 Å². The van der Waals surface area contributed by atoms with Crippen molar-refractivity contribution in [3.05, 3.63) is 28.4 Å². The standard InChI is InChI=1S/C12H12N4O2/c1-16-8-5-6(18-2)3-4-7(8)10(17)9-11(13)14-15-12(9)16/h3-5H,1-2H3,(H3,13,14,15). The average Bonchev–Trinajstić information content (AvgIpc) is 2.78. The smallest absolute Gasteiger partial charge is 0.202 e. The summed E-state index contributed by atoms with van der Waals surface area (Å²) in [4.78, 5) is 12.3. The molecule has 0 amide bonds. The zero-order chi connectivity index (χ0) is 12.9. The van der Waals surface area contributed by atoms with Crippen molar-refractivity contribution in [3.63, 3.8) is 0 Å². The van der Waals surface area contributed by atoms with E-state index in [2.05, 4.69) is 10.2 Å². The molecule has 92 valence electrons. The van der Waals surface area contributed by atoms with Gasteiger partial charge in [0, 0.05) is 18.5 Å². The molecule has 0 saturated heterocycles. The van der Waals surface area contributed by atoms with Crippen LogP contribution in [0.4, 0.5) is 5.82 Å². The Morgan fingerprint density at radius 2 is 2.22 bits per heavy atom. The number of H-pyrrole nitrogens is 1. The number of fused-ring (bicyclic) bond motifs is 2. The summed E-state index contributed by atoms with van der Waals surface area (Å²) in [6.45, 7) is 0. The fourth-order valence-electron chi connectivity index (χ4n) is 2.17. The molecule has 1 aromatic carbocycles. The summed E-state index contributed by atoms with van der Waals surface area (Å²) in [6, 6.07) is 5.30. The summed E-state index contributed by atoms with van der Waals surface area (Å²) in [5.74, 6) is 0.990. The Hall–Kier alpha value is -2.50. The maximum absolute atomic E-state index is 12.3. The number of nitrogens with zero attached hydrogens (tertiary/aromatic N) is 2. The third kappa shape index (κ3) is 1.22. The minimum atomic E-state index is -0.119. The van der Waals surface area contributed by atoms with E-state index in [1.165, 1.54) is 0 Å². The Bertz CT molecular complexity index is 816. The third-order valence-electron chi connectivity index (χ3n) is 3.13. The lowest BCUT2D eigenvalue weighted by molar-refractivity contribution is 0.415. The fraction of sp³-hybridized carbons (Fsp3) is 0.167. The van der Waals surface area contributed by atoms with Crippen LogP contribution in [0.3, 0.4) is 0 Å². The molecular weight excluding hydrogens is 232 g/mol. The van der Waals surface area contributed by atoms with E-state index in [0.717, 1.165) is 5.52 Å². The van der Waals surface area contributed by atoms with Gasteiger partial charge in [-0.3, -0.25) is 9.89 Å². The van der Waals surface area contributed by atoms with Crippen molar-refractivity contribution in [3.8, 4) is 5.75 Å². The molecule has 0 bridgehead atoms. The van der Waals surface area contributed by atoms with Crippen molar-refractivity contribution in [1.29, 1.82) is 0 Å². The van der Waals surface area contributed by atoms with E-state index in [1.807, 2.05) is 11.6 Å². The summed E-state index contributed by atoms with van der Waals surface area (Å²) in [7, 11) is 3.42. The zero-order valence-corrected chi connectivity index (χ0v) is 10.0.